The normalized spacial score (nSPS) is 11.1. The smallest absolute Gasteiger partial charge is 0.283 e. The Hall–Kier alpha value is -4.46. The van der Waals surface area contributed by atoms with Gasteiger partial charge in [-0.15, -0.1) is 0 Å². The van der Waals surface area contributed by atoms with Crippen LogP contribution in [-0.2, 0) is 0 Å². The molecule has 0 aliphatic carbocycles. The van der Waals surface area contributed by atoms with E-state index in [2.05, 4.69) is 0 Å². The van der Waals surface area contributed by atoms with Crippen molar-refractivity contribution in [2.24, 2.45) is 0 Å². The number of nitrogens with zero attached hydrogens (tertiary/aromatic N) is 2. The number of ether oxygens (including phenoxy) is 2. The van der Waals surface area contributed by atoms with Crippen LogP contribution in [0.2, 0.25) is 0 Å². The van der Waals surface area contributed by atoms with Crippen LogP contribution in [0.1, 0.15) is 22.3 Å². The predicted molar refractivity (Wildman–Crippen MR) is 124 cm³/mol. The Morgan fingerprint density at radius 3 is 1.38 bits per heavy atom. The summed E-state index contributed by atoms with van der Waals surface area (Å²) in [5, 5.41) is 23.2. The average molecular weight is 432 g/mol. The summed E-state index contributed by atoms with van der Waals surface area (Å²) >= 11 is 0. The van der Waals surface area contributed by atoms with Gasteiger partial charge in [0.05, 0.1) is 41.3 Å². The van der Waals surface area contributed by atoms with Gasteiger partial charge in [-0.3, -0.25) is 20.2 Å². The molecule has 0 amide bonds. The average Bonchev–Trinajstić information content (AvgIpc) is 2.81. The molecule has 0 bridgehead atoms. The van der Waals surface area contributed by atoms with Crippen molar-refractivity contribution in [3.8, 4) is 11.5 Å². The number of hydrogen-bond donors (Lipinski definition) is 0. The van der Waals surface area contributed by atoms with Crippen molar-refractivity contribution in [1.82, 2.24) is 0 Å². The van der Waals surface area contributed by atoms with E-state index in [-0.39, 0.29) is 22.5 Å². The summed E-state index contributed by atoms with van der Waals surface area (Å²) in [6.45, 7) is 0. The first kappa shape index (κ1) is 22.2. The molecule has 162 valence electrons. The highest BCUT2D eigenvalue weighted by molar-refractivity contribution is 5.83. The third kappa shape index (κ3) is 4.99. The summed E-state index contributed by atoms with van der Waals surface area (Å²) in [6.07, 6.45) is 6.42. The molecular weight excluding hydrogens is 412 g/mol. The first-order valence-electron chi connectivity index (χ1n) is 9.53. The maximum Gasteiger partial charge on any atom is 0.283 e. The molecule has 3 aromatic rings. The Morgan fingerprint density at radius 2 is 1.00 bits per heavy atom. The summed E-state index contributed by atoms with van der Waals surface area (Å²) in [4.78, 5) is 21.9. The number of nitro benzene ring substituents is 2. The van der Waals surface area contributed by atoms with E-state index in [4.69, 9.17) is 9.47 Å². The van der Waals surface area contributed by atoms with Crippen LogP contribution in [0.25, 0.3) is 24.3 Å². The molecule has 3 rings (SSSR count). The highest BCUT2D eigenvalue weighted by Gasteiger charge is 2.22. The van der Waals surface area contributed by atoms with Crippen LogP contribution in [0.15, 0.2) is 60.7 Å². The Morgan fingerprint density at radius 1 is 0.625 bits per heavy atom. The second kappa shape index (κ2) is 10.0. The fraction of sp³-hybridized carbons (Fsp3) is 0.0833. The Balaban J connectivity index is 2.11. The van der Waals surface area contributed by atoms with Gasteiger partial charge in [-0.25, -0.2) is 0 Å². The Labute approximate surface area is 184 Å². The zero-order chi connectivity index (χ0) is 23.1. The number of nitro groups is 2. The zero-order valence-corrected chi connectivity index (χ0v) is 17.4. The van der Waals surface area contributed by atoms with E-state index < -0.39 is 9.85 Å². The van der Waals surface area contributed by atoms with E-state index in [1.807, 2.05) is 24.3 Å². The topological polar surface area (TPSA) is 105 Å². The molecule has 0 N–H and O–H groups in total. The lowest BCUT2D eigenvalue weighted by atomic mass is 10.0. The van der Waals surface area contributed by atoms with Crippen molar-refractivity contribution < 1.29 is 19.3 Å². The van der Waals surface area contributed by atoms with Crippen LogP contribution >= 0.6 is 0 Å². The van der Waals surface area contributed by atoms with Gasteiger partial charge < -0.3 is 9.47 Å². The maximum atomic E-state index is 11.6. The molecule has 0 saturated carbocycles. The number of para-hydroxylation sites is 2. The molecule has 32 heavy (non-hydrogen) atoms. The molecule has 0 atom stereocenters. The molecule has 0 saturated heterocycles. The van der Waals surface area contributed by atoms with Gasteiger partial charge in [0.25, 0.3) is 11.4 Å². The lowest BCUT2D eigenvalue weighted by molar-refractivity contribution is -0.394. The molecule has 0 radical (unpaired) electrons. The van der Waals surface area contributed by atoms with Crippen LogP contribution in [0.3, 0.4) is 0 Å². The van der Waals surface area contributed by atoms with Crippen molar-refractivity contribution in [2.45, 2.75) is 0 Å². The monoisotopic (exact) mass is 432 g/mol. The van der Waals surface area contributed by atoms with E-state index in [0.29, 0.717) is 22.6 Å². The first-order valence-corrected chi connectivity index (χ1v) is 9.53. The highest BCUT2D eigenvalue weighted by atomic mass is 16.6. The van der Waals surface area contributed by atoms with Gasteiger partial charge in [-0.2, -0.15) is 0 Å². The molecule has 0 unspecified atom stereocenters. The summed E-state index contributed by atoms with van der Waals surface area (Å²) in [5.41, 5.74) is 1.16. The van der Waals surface area contributed by atoms with Crippen LogP contribution in [0.4, 0.5) is 11.4 Å². The lowest BCUT2D eigenvalue weighted by Gasteiger charge is -2.06. The fourth-order valence-corrected chi connectivity index (χ4v) is 3.16. The Bertz CT molecular complexity index is 1130. The standard InChI is InChI=1S/C24H20N2O6/c1-31-23-9-5-3-7-17(23)11-13-19-15-20(22(26(29)30)16-21(19)25(27)28)14-12-18-8-4-6-10-24(18)32-2/h3-16H,1-2H3/b13-11+,14-12+. The zero-order valence-electron chi connectivity index (χ0n) is 17.4. The molecule has 0 spiro atoms. The fourth-order valence-electron chi connectivity index (χ4n) is 3.16. The first-order chi connectivity index (χ1) is 15.4. The van der Waals surface area contributed by atoms with Gasteiger partial charge >= 0.3 is 0 Å². The van der Waals surface area contributed by atoms with Gasteiger partial charge in [-0.1, -0.05) is 48.6 Å². The predicted octanol–water partition coefficient (Wildman–Crippen LogP) is 5.86. The number of rotatable bonds is 8. The van der Waals surface area contributed by atoms with E-state index in [1.54, 1.807) is 48.6 Å². The molecule has 0 fully saturated rings. The largest absolute Gasteiger partial charge is 0.496 e. The summed E-state index contributed by atoms with van der Waals surface area (Å²) in [6, 6.07) is 16.8. The molecule has 0 heterocycles. The third-order valence-electron chi connectivity index (χ3n) is 4.73. The highest BCUT2D eigenvalue weighted by Crippen LogP contribution is 2.33. The van der Waals surface area contributed by atoms with E-state index >= 15 is 0 Å². The summed E-state index contributed by atoms with van der Waals surface area (Å²) < 4.78 is 10.6. The SMILES string of the molecule is COc1ccccc1/C=C/c1cc(/C=C/c2ccccc2OC)c([N+](=O)[O-])cc1[N+](=O)[O-]. The van der Waals surface area contributed by atoms with Crippen molar-refractivity contribution in [3.05, 3.63) is 103 Å². The van der Waals surface area contributed by atoms with E-state index in [0.717, 1.165) is 6.07 Å². The van der Waals surface area contributed by atoms with Crippen LogP contribution in [-0.4, -0.2) is 24.1 Å². The minimum Gasteiger partial charge on any atom is -0.496 e. The molecular formula is C24H20N2O6. The van der Waals surface area contributed by atoms with Crippen LogP contribution in [0.5, 0.6) is 11.5 Å². The second-order valence-electron chi connectivity index (χ2n) is 6.63. The Kier molecular flexibility index (Phi) is 6.97. The number of benzene rings is 3. The van der Waals surface area contributed by atoms with Crippen molar-refractivity contribution >= 4 is 35.7 Å². The lowest BCUT2D eigenvalue weighted by Crippen LogP contribution is -1.98. The van der Waals surface area contributed by atoms with E-state index in [1.165, 1.54) is 20.3 Å². The summed E-state index contributed by atoms with van der Waals surface area (Å²) in [5.74, 6) is 1.20. The van der Waals surface area contributed by atoms with Crippen molar-refractivity contribution in [1.29, 1.82) is 0 Å². The molecule has 0 aliphatic heterocycles. The maximum absolute atomic E-state index is 11.6. The number of methoxy groups -OCH3 is 2. The molecule has 3 aromatic carbocycles. The van der Waals surface area contributed by atoms with Crippen LogP contribution < -0.4 is 9.47 Å². The third-order valence-corrected chi connectivity index (χ3v) is 4.73. The van der Waals surface area contributed by atoms with Crippen molar-refractivity contribution in [3.63, 3.8) is 0 Å². The second-order valence-corrected chi connectivity index (χ2v) is 6.63. The van der Waals surface area contributed by atoms with Gasteiger partial charge in [0.1, 0.15) is 11.5 Å². The van der Waals surface area contributed by atoms with Gasteiger partial charge in [0.2, 0.25) is 0 Å². The van der Waals surface area contributed by atoms with Gasteiger partial charge in [0, 0.05) is 11.1 Å². The van der Waals surface area contributed by atoms with Gasteiger partial charge in [0.15, 0.2) is 0 Å². The molecule has 0 aromatic heterocycles. The van der Waals surface area contributed by atoms with Crippen molar-refractivity contribution in [2.75, 3.05) is 14.2 Å². The summed E-state index contributed by atoms with van der Waals surface area (Å²) in [7, 11) is 3.06. The number of hydrogen-bond acceptors (Lipinski definition) is 6. The minimum atomic E-state index is -0.636. The molecule has 8 nitrogen and oxygen atoms in total. The van der Waals surface area contributed by atoms with Gasteiger partial charge in [-0.05, 0) is 30.4 Å². The minimum absolute atomic E-state index is 0.228. The quantitative estimate of drug-likeness (QED) is 0.251. The van der Waals surface area contributed by atoms with Crippen LogP contribution in [0, 0.1) is 20.2 Å². The molecule has 0 aliphatic rings. The van der Waals surface area contributed by atoms with E-state index in [9.17, 15) is 20.2 Å². The molecule has 8 heteroatoms.